The minimum absolute atomic E-state index is 0.190. The molecule has 7 heteroatoms. The molecule has 2 aromatic rings. The molecule has 0 aliphatic heterocycles. The standard InChI is InChI=1S/C14H14ClN3O3/c1-2-18(8-19)14-16-7-11(15)12(17-14)9-3-5-10(6-4-9)13(20)21/h3-7,19H,2,8H2,1H3,(H,20,21). The Hall–Kier alpha value is -2.18. The topological polar surface area (TPSA) is 86.5 Å². The predicted octanol–water partition coefficient (Wildman–Crippen LogP) is 2.27. The highest BCUT2D eigenvalue weighted by molar-refractivity contribution is 6.32. The molecule has 0 radical (unpaired) electrons. The molecule has 110 valence electrons. The van der Waals surface area contributed by atoms with Crippen molar-refractivity contribution < 1.29 is 15.0 Å². The van der Waals surface area contributed by atoms with Crippen molar-refractivity contribution in [2.45, 2.75) is 6.92 Å². The Balaban J connectivity index is 2.42. The van der Waals surface area contributed by atoms with Crippen molar-refractivity contribution >= 4 is 23.5 Å². The van der Waals surface area contributed by atoms with Crippen LogP contribution in [0.1, 0.15) is 17.3 Å². The highest BCUT2D eigenvalue weighted by Gasteiger charge is 2.12. The van der Waals surface area contributed by atoms with E-state index in [4.69, 9.17) is 16.7 Å². The minimum Gasteiger partial charge on any atom is -0.478 e. The largest absolute Gasteiger partial charge is 0.478 e. The maximum Gasteiger partial charge on any atom is 0.335 e. The van der Waals surface area contributed by atoms with Crippen molar-refractivity contribution in [2.24, 2.45) is 0 Å². The number of anilines is 1. The van der Waals surface area contributed by atoms with Gasteiger partial charge in [-0.25, -0.2) is 14.8 Å². The van der Waals surface area contributed by atoms with Crippen molar-refractivity contribution in [1.82, 2.24) is 9.97 Å². The van der Waals surface area contributed by atoms with Crippen LogP contribution in [0.5, 0.6) is 0 Å². The van der Waals surface area contributed by atoms with E-state index >= 15 is 0 Å². The van der Waals surface area contributed by atoms with E-state index in [0.717, 1.165) is 0 Å². The van der Waals surface area contributed by atoms with Crippen LogP contribution in [0.15, 0.2) is 30.5 Å². The number of aliphatic hydroxyl groups excluding tert-OH is 1. The smallest absolute Gasteiger partial charge is 0.335 e. The highest BCUT2D eigenvalue weighted by Crippen LogP contribution is 2.27. The lowest BCUT2D eigenvalue weighted by atomic mass is 10.1. The molecule has 0 fully saturated rings. The summed E-state index contributed by atoms with van der Waals surface area (Å²) in [5.74, 6) is -0.629. The lowest BCUT2D eigenvalue weighted by Crippen LogP contribution is -2.25. The summed E-state index contributed by atoms with van der Waals surface area (Å²) in [6.07, 6.45) is 1.46. The Kier molecular flexibility index (Phi) is 4.72. The first-order valence-corrected chi connectivity index (χ1v) is 6.66. The van der Waals surface area contributed by atoms with E-state index in [1.165, 1.54) is 18.3 Å². The summed E-state index contributed by atoms with van der Waals surface area (Å²) in [6.45, 7) is 2.22. The first-order chi connectivity index (χ1) is 10.1. The number of rotatable bonds is 5. The third kappa shape index (κ3) is 3.29. The summed E-state index contributed by atoms with van der Waals surface area (Å²) in [5.41, 5.74) is 1.36. The van der Waals surface area contributed by atoms with Crippen molar-refractivity contribution in [3.05, 3.63) is 41.0 Å². The molecule has 0 amide bonds. The van der Waals surface area contributed by atoms with Gasteiger partial charge in [0.1, 0.15) is 6.73 Å². The van der Waals surface area contributed by atoms with E-state index in [-0.39, 0.29) is 12.3 Å². The van der Waals surface area contributed by atoms with Gasteiger partial charge in [0.15, 0.2) is 0 Å². The van der Waals surface area contributed by atoms with Gasteiger partial charge in [-0.15, -0.1) is 0 Å². The van der Waals surface area contributed by atoms with Crippen molar-refractivity contribution in [3.8, 4) is 11.3 Å². The van der Waals surface area contributed by atoms with Crippen LogP contribution >= 0.6 is 11.6 Å². The fourth-order valence-electron chi connectivity index (χ4n) is 1.79. The molecule has 2 rings (SSSR count). The lowest BCUT2D eigenvalue weighted by molar-refractivity contribution is 0.0697. The number of halogens is 1. The van der Waals surface area contributed by atoms with E-state index in [0.29, 0.717) is 28.8 Å². The number of aliphatic hydroxyl groups is 1. The average molecular weight is 308 g/mol. The van der Waals surface area contributed by atoms with Gasteiger partial charge in [-0.05, 0) is 19.1 Å². The van der Waals surface area contributed by atoms with Crippen LogP contribution < -0.4 is 4.90 Å². The number of hydrogen-bond donors (Lipinski definition) is 2. The molecule has 0 aliphatic carbocycles. The van der Waals surface area contributed by atoms with E-state index in [1.54, 1.807) is 17.0 Å². The van der Waals surface area contributed by atoms with Gasteiger partial charge in [0.2, 0.25) is 5.95 Å². The van der Waals surface area contributed by atoms with E-state index in [2.05, 4.69) is 9.97 Å². The number of carboxylic acid groups (broad SMARTS) is 1. The SMILES string of the molecule is CCN(CO)c1ncc(Cl)c(-c2ccc(C(=O)O)cc2)n1. The Morgan fingerprint density at radius 1 is 1.33 bits per heavy atom. The molecular weight excluding hydrogens is 294 g/mol. The quantitative estimate of drug-likeness (QED) is 0.824. The van der Waals surface area contributed by atoms with Crippen LogP contribution in [0.3, 0.4) is 0 Å². The van der Waals surface area contributed by atoms with Gasteiger partial charge in [0.25, 0.3) is 0 Å². The first-order valence-electron chi connectivity index (χ1n) is 6.29. The molecule has 0 saturated carbocycles. The third-order valence-corrected chi connectivity index (χ3v) is 3.25. The second-order valence-corrected chi connectivity index (χ2v) is 4.65. The zero-order valence-electron chi connectivity index (χ0n) is 11.3. The Labute approximate surface area is 126 Å². The normalized spacial score (nSPS) is 10.4. The summed E-state index contributed by atoms with van der Waals surface area (Å²) >= 11 is 6.10. The molecule has 1 heterocycles. The molecule has 0 saturated heterocycles. The van der Waals surface area contributed by atoms with Crippen molar-refractivity contribution in [1.29, 1.82) is 0 Å². The van der Waals surface area contributed by atoms with E-state index in [1.807, 2.05) is 6.92 Å². The number of aromatic nitrogens is 2. The van der Waals surface area contributed by atoms with E-state index < -0.39 is 5.97 Å². The summed E-state index contributed by atoms with van der Waals surface area (Å²) in [6, 6.07) is 6.24. The average Bonchev–Trinajstić information content (AvgIpc) is 2.50. The van der Waals surface area contributed by atoms with Gasteiger partial charge < -0.3 is 15.1 Å². The van der Waals surface area contributed by atoms with Gasteiger partial charge in [-0.3, -0.25) is 0 Å². The zero-order valence-corrected chi connectivity index (χ0v) is 12.1. The van der Waals surface area contributed by atoms with Crippen LogP contribution in [-0.2, 0) is 0 Å². The lowest BCUT2D eigenvalue weighted by Gasteiger charge is -2.18. The minimum atomic E-state index is -0.992. The Bertz CT molecular complexity index is 642. The molecule has 2 N–H and O–H groups in total. The second-order valence-electron chi connectivity index (χ2n) is 4.25. The second kappa shape index (κ2) is 6.51. The predicted molar refractivity (Wildman–Crippen MR) is 79.5 cm³/mol. The molecule has 0 bridgehead atoms. The monoisotopic (exact) mass is 307 g/mol. The molecule has 21 heavy (non-hydrogen) atoms. The van der Waals surface area contributed by atoms with Gasteiger partial charge in [0, 0.05) is 12.1 Å². The van der Waals surface area contributed by atoms with Crippen molar-refractivity contribution in [3.63, 3.8) is 0 Å². The fraction of sp³-hybridized carbons (Fsp3) is 0.214. The molecule has 0 aliphatic rings. The van der Waals surface area contributed by atoms with Crippen LogP contribution in [-0.4, -0.2) is 39.4 Å². The van der Waals surface area contributed by atoms with Crippen LogP contribution in [0.4, 0.5) is 5.95 Å². The number of nitrogens with zero attached hydrogens (tertiary/aromatic N) is 3. The zero-order chi connectivity index (χ0) is 15.4. The van der Waals surface area contributed by atoms with Crippen LogP contribution in [0.2, 0.25) is 5.02 Å². The Morgan fingerprint density at radius 2 is 2.00 bits per heavy atom. The third-order valence-electron chi connectivity index (χ3n) is 2.97. The van der Waals surface area contributed by atoms with Gasteiger partial charge in [-0.2, -0.15) is 0 Å². The molecule has 0 spiro atoms. The van der Waals surface area contributed by atoms with Crippen LogP contribution in [0.25, 0.3) is 11.3 Å². The number of carboxylic acids is 1. The molecule has 6 nitrogen and oxygen atoms in total. The summed E-state index contributed by atoms with van der Waals surface area (Å²) in [4.78, 5) is 20.8. The summed E-state index contributed by atoms with van der Waals surface area (Å²) in [7, 11) is 0. The van der Waals surface area contributed by atoms with Gasteiger partial charge in [0.05, 0.1) is 22.5 Å². The van der Waals surface area contributed by atoms with Crippen molar-refractivity contribution in [2.75, 3.05) is 18.2 Å². The number of carbonyl (C=O) groups is 1. The number of aromatic carboxylic acids is 1. The Morgan fingerprint density at radius 3 is 2.52 bits per heavy atom. The maximum atomic E-state index is 10.9. The van der Waals surface area contributed by atoms with Crippen LogP contribution in [0, 0.1) is 0 Å². The highest BCUT2D eigenvalue weighted by atomic mass is 35.5. The first kappa shape index (κ1) is 15.2. The molecule has 0 atom stereocenters. The molecule has 1 aromatic carbocycles. The van der Waals surface area contributed by atoms with Gasteiger partial charge in [-0.1, -0.05) is 23.7 Å². The van der Waals surface area contributed by atoms with Gasteiger partial charge >= 0.3 is 5.97 Å². The van der Waals surface area contributed by atoms with E-state index in [9.17, 15) is 9.90 Å². The number of benzene rings is 1. The maximum absolute atomic E-state index is 10.9. The summed E-state index contributed by atoms with van der Waals surface area (Å²) in [5, 5.41) is 18.5. The number of hydrogen-bond acceptors (Lipinski definition) is 5. The molecular formula is C14H14ClN3O3. The molecule has 0 unspecified atom stereocenters. The molecule has 1 aromatic heterocycles. The fourth-order valence-corrected chi connectivity index (χ4v) is 1.99. The summed E-state index contributed by atoms with van der Waals surface area (Å²) < 4.78 is 0.